The van der Waals surface area contributed by atoms with Gasteiger partial charge >= 0.3 is 5.97 Å². The number of esters is 1. The van der Waals surface area contributed by atoms with Gasteiger partial charge in [0, 0.05) is 5.70 Å². The topological polar surface area (TPSA) is 87.5 Å². The fourth-order valence-electron chi connectivity index (χ4n) is 3.00. The van der Waals surface area contributed by atoms with Crippen LogP contribution in [0.1, 0.15) is 32.4 Å². The Bertz CT molecular complexity index is 843. The number of nitrogens with zero attached hydrogens (tertiary/aromatic N) is 3. The number of methoxy groups -OCH3 is 1. The van der Waals surface area contributed by atoms with Crippen molar-refractivity contribution in [3.05, 3.63) is 41.4 Å². The van der Waals surface area contributed by atoms with Gasteiger partial charge in [0.2, 0.25) is 5.95 Å². The maximum Gasteiger partial charge on any atom is 0.338 e. The zero-order chi connectivity index (χ0) is 18.7. The van der Waals surface area contributed by atoms with Crippen molar-refractivity contribution >= 4 is 11.9 Å². The number of nitrogens with one attached hydrogen (secondary N) is 1. The first kappa shape index (κ1) is 17.8. The first-order valence-corrected chi connectivity index (χ1v) is 8.45. The fraction of sp³-hybridized carbons (Fsp3) is 0.389. The molecule has 8 heteroatoms. The molecule has 0 saturated carbocycles. The summed E-state index contributed by atoms with van der Waals surface area (Å²) in [7, 11) is 1.59. The number of anilines is 1. The summed E-state index contributed by atoms with van der Waals surface area (Å²) in [5.74, 6) is 1.40. The van der Waals surface area contributed by atoms with E-state index in [1.807, 2.05) is 32.0 Å². The van der Waals surface area contributed by atoms with Gasteiger partial charge in [-0.2, -0.15) is 10.1 Å². The van der Waals surface area contributed by atoms with Crippen LogP contribution in [-0.4, -0.2) is 41.1 Å². The first-order chi connectivity index (χ1) is 12.6. The molecule has 1 unspecified atom stereocenters. The third kappa shape index (κ3) is 3.10. The largest absolute Gasteiger partial charge is 0.493 e. The average Bonchev–Trinajstić information content (AvgIpc) is 3.08. The Morgan fingerprint density at radius 1 is 1.27 bits per heavy atom. The van der Waals surface area contributed by atoms with E-state index in [-0.39, 0.29) is 0 Å². The number of rotatable bonds is 6. The third-order valence-corrected chi connectivity index (χ3v) is 4.09. The molecule has 2 heterocycles. The van der Waals surface area contributed by atoms with E-state index in [0.29, 0.717) is 41.9 Å². The molecule has 1 aromatic carbocycles. The molecule has 0 aliphatic carbocycles. The predicted octanol–water partition coefficient (Wildman–Crippen LogP) is 2.54. The molecule has 8 nitrogen and oxygen atoms in total. The standard InChI is InChI=1S/C18H22N4O4/c1-5-25-14-9-12(7-8-13(14)24-4)16-15(17(23)26-6-2)11(3)21-18-19-10-20-22(16)18/h7-10,16H,5-6H2,1-4H3,(H,19,20,21). The van der Waals surface area contributed by atoms with Crippen LogP contribution in [-0.2, 0) is 9.53 Å². The lowest BCUT2D eigenvalue weighted by Crippen LogP contribution is -2.29. The molecule has 1 aliphatic heterocycles. The smallest absolute Gasteiger partial charge is 0.338 e. The van der Waals surface area contributed by atoms with E-state index in [1.54, 1.807) is 18.7 Å². The third-order valence-electron chi connectivity index (χ3n) is 4.09. The molecule has 138 valence electrons. The molecule has 0 saturated heterocycles. The Morgan fingerprint density at radius 2 is 2.08 bits per heavy atom. The van der Waals surface area contributed by atoms with Gasteiger partial charge in [0.1, 0.15) is 12.4 Å². The van der Waals surface area contributed by atoms with Gasteiger partial charge in [-0.3, -0.25) is 0 Å². The van der Waals surface area contributed by atoms with Crippen LogP contribution in [0, 0.1) is 0 Å². The van der Waals surface area contributed by atoms with Crippen molar-refractivity contribution < 1.29 is 19.0 Å². The summed E-state index contributed by atoms with van der Waals surface area (Å²) >= 11 is 0. The molecule has 1 N–H and O–H groups in total. The van der Waals surface area contributed by atoms with Crippen LogP contribution < -0.4 is 14.8 Å². The maximum absolute atomic E-state index is 12.6. The zero-order valence-corrected chi connectivity index (χ0v) is 15.3. The Hall–Kier alpha value is -3.03. The number of aromatic nitrogens is 3. The predicted molar refractivity (Wildman–Crippen MR) is 95.3 cm³/mol. The molecule has 0 fully saturated rings. The minimum absolute atomic E-state index is 0.291. The molecule has 3 rings (SSSR count). The number of allylic oxidation sites excluding steroid dienone is 1. The number of carbonyl (C=O) groups excluding carboxylic acids is 1. The molecule has 0 radical (unpaired) electrons. The van der Waals surface area contributed by atoms with Crippen LogP contribution in [0.15, 0.2) is 35.8 Å². The molecule has 1 aromatic heterocycles. The average molecular weight is 358 g/mol. The highest BCUT2D eigenvalue weighted by Gasteiger charge is 2.34. The van der Waals surface area contributed by atoms with Crippen LogP contribution in [0.4, 0.5) is 5.95 Å². The summed E-state index contributed by atoms with van der Waals surface area (Å²) in [6, 6.07) is 5.08. The molecule has 0 spiro atoms. The van der Waals surface area contributed by atoms with Crippen LogP contribution in [0.25, 0.3) is 0 Å². The lowest BCUT2D eigenvalue weighted by Gasteiger charge is -2.28. The molecule has 0 amide bonds. The van der Waals surface area contributed by atoms with Crippen molar-refractivity contribution in [2.75, 3.05) is 25.6 Å². The van der Waals surface area contributed by atoms with Gasteiger partial charge in [0.05, 0.1) is 25.9 Å². The Morgan fingerprint density at radius 3 is 2.77 bits per heavy atom. The Labute approximate surface area is 151 Å². The second-order valence-electron chi connectivity index (χ2n) is 5.66. The van der Waals surface area contributed by atoms with Crippen molar-refractivity contribution in [3.8, 4) is 11.5 Å². The van der Waals surface area contributed by atoms with E-state index in [1.165, 1.54) is 6.33 Å². The van der Waals surface area contributed by atoms with Crippen LogP contribution >= 0.6 is 0 Å². The van der Waals surface area contributed by atoms with Crippen molar-refractivity contribution in [2.24, 2.45) is 0 Å². The highest BCUT2D eigenvalue weighted by molar-refractivity contribution is 5.92. The van der Waals surface area contributed by atoms with E-state index >= 15 is 0 Å². The van der Waals surface area contributed by atoms with E-state index in [4.69, 9.17) is 14.2 Å². The van der Waals surface area contributed by atoms with Crippen LogP contribution in [0.2, 0.25) is 0 Å². The van der Waals surface area contributed by atoms with E-state index < -0.39 is 12.0 Å². The summed E-state index contributed by atoms with van der Waals surface area (Å²) in [5, 5.41) is 7.39. The van der Waals surface area contributed by atoms with Crippen molar-refractivity contribution in [1.29, 1.82) is 0 Å². The quantitative estimate of drug-likeness (QED) is 0.794. The summed E-state index contributed by atoms with van der Waals surface area (Å²) in [6.07, 6.45) is 1.45. The number of ether oxygens (including phenoxy) is 3. The van der Waals surface area contributed by atoms with Gasteiger partial charge in [-0.1, -0.05) is 6.07 Å². The Balaban J connectivity index is 2.13. The first-order valence-electron chi connectivity index (χ1n) is 8.45. The van der Waals surface area contributed by atoms with E-state index in [9.17, 15) is 4.79 Å². The fourth-order valence-corrected chi connectivity index (χ4v) is 3.00. The number of benzene rings is 1. The monoisotopic (exact) mass is 358 g/mol. The summed E-state index contributed by atoms with van der Waals surface area (Å²) < 4.78 is 18.0. The SMILES string of the molecule is CCOC(=O)C1=C(C)Nc2ncnn2C1c1ccc(OC)c(OCC)c1. The minimum Gasteiger partial charge on any atom is -0.493 e. The van der Waals surface area contributed by atoms with Gasteiger partial charge in [0.25, 0.3) is 0 Å². The number of carbonyl (C=O) groups is 1. The van der Waals surface area contributed by atoms with Crippen molar-refractivity contribution in [2.45, 2.75) is 26.8 Å². The summed E-state index contributed by atoms with van der Waals surface area (Å²) in [5.41, 5.74) is 1.99. The molecule has 26 heavy (non-hydrogen) atoms. The molecule has 0 bridgehead atoms. The summed E-state index contributed by atoms with van der Waals surface area (Å²) in [6.45, 7) is 6.30. The van der Waals surface area contributed by atoms with Crippen molar-refractivity contribution in [3.63, 3.8) is 0 Å². The molecule has 1 atom stereocenters. The Kier molecular flexibility index (Phi) is 5.11. The van der Waals surface area contributed by atoms with Gasteiger partial charge in [-0.05, 0) is 38.5 Å². The molecular formula is C18H22N4O4. The highest BCUT2D eigenvalue weighted by atomic mass is 16.5. The summed E-state index contributed by atoms with van der Waals surface area (Å²) in [4.78, 5) is 16.8. The number of fused-ring (bicyclic) bond motifs is 1. The van der Waals surface area contributed by atoms with Crippen molar-refractivity contribution in [1.82, 2.24) is 14.8 Å². The molecular weight excluding hydrogens is 336 g/mol. The van der Waals surface area contributed by atoms with Crippen LogP contribution in [0.3, 0.4) is 0 Å². The maximum atomic E-state index is 12.6. The molecule has 2 aromatic rings. The van der Waals surface area contributed by atoms with Crippen LogP contribution in [0.5, 0.6) is 11.5 Å². The van der Waals surface area contributed by atoms with E-state index in [0.717, 1.165) is 5.56 Å². The second-order valence-corrected chi connectivity index (χ2v) is 5.66. The number of hydrogen-bond donors (Lipinski definition) is 1. The van der Waals surface area contributed by atoms with Gasteiger partial charge < -0.3 is 19.5 Å². The zero-order valence-electron chi connectivity index (χ0n) is 15.3. The normalized spacial score (nSPS) is 15.9. The second kappa shape index (κ2) is 7.47. The minimum atomic E-state index is -0.474. The van der Waals surface area contributed by atoms with Gasteiger partial charge in [0.15, 0.2) is 11.5 Å². The molecule has 1 aliphatic rings. The number of hydrogen-bond acceptors (Lipinski definition) is 7. The lowest BCUT2D eigenvalue weighted by atomic mass is 9.95. The van der Waals surface area contributed by atoms with E-state index in [2.05, 4.69) is 15.4 Å². The lowest BCUT2D eigenvalue weighted by molar-refractivity contribution is -0.139. The highest BCUT2D eigenvalue weighted by Crippen LogP contribution is 2.38. The van der Waals surface area contributed by atoms with Gasteiger partial charge in [-0.15, -0.1) is 0 Å². The van der Waals surface area contributed by atoms with Gasteiger partial charge in [-0.25, -0.2) is 9.48 Å².